The van der Waals surface area contributed by atoms with Crippen molar-refractivity contribution in [2.24, 2.45) is 0 Å². The highest BCUT2D eigenvalue weighted by Crippen LogP contribution is 2.27. The lowest BCUT2D eigenvalue weighted by Crippen LogP contribution is -2.46. The van der Waals surface area contributed by atoms with Crippen molar-refractivity contribution in [2.45, 2.75) is 12.5 Å². The normalized spacial score (nSPS) is 20.5. The summed E-state index contributed by atoms with van der Waals surface area (Å²) in [6.45, 7) is 0.643. The molecule has 0 bridgehead atoms. The van der Waals surface area contributed by atoms with Crippen LogP contribution in [0, 0.1) is 0 Å². The summed E-state index contributed by atoms with van der Waals surface area (Å²) in [5.74, 6) is 0.895. The number of hydrogen-bond acceptors (Lipinski definition) is 6. The van der Waals surface area contributed by atoms with Gasteiger partial charge in [0.25, 0.3) is 11.1 Å². The molecule has 4 rings (SSSR count). The van der Waals surface area contributed by atoms with Gasteiger partial charge in [0, 0.05) is 0 Å². The molecule has 2 aliphatic heterocycles. The van der Waals surface area contributed by atoms with Crippen LogP contribution in [0.15, 0.2) is 53.4 Å². The van der Waals surface area contributed by atoms with Crippen molar-refractivity contribution in [3.8, 4) is 11.5 Å². The SMILES string of the molecule is O=C1COCC(Cc2ccc(Oc3ccc(C=C4SC(=O)NC4=O)cc3)cc2)N1. The van der Waals surface area contributed by atoms with Gasteiger partial charge < -0.3 is 14.8 Å². The molecule has 0 aliphatic carbocycles. The molecule has 7 nitrogen and oxygen atoms in total. The summed E-state index contributed by atoms with van der Waals surface area (Å²) in [5.41, 5.74) is 1.88. The van der Waals surface area contributed by atoms with Crippen LogP contribution in [0.2, 0.25) is 0 Å². The van der Waals surface area contributed by atoms with Gasteiger partial charge in [-0.2, -0.15) is 0 Å². The number of thioether (sulfide) groups is 1. The summed E-state index contributed by atoms with van der Waals surface area (Å²) in [7, 11) is 0. The number of carbonyl (C=O) groups is 3. The number of hydrogen-bond donors (Lipinski definition) is 2. The Bertz CT molecular complexity index is 970. The quantitative estimate of drug-likeness (QED) is 0.737. The van der Waals surface area contributed by atoms with Crippen LogP contribution in [-0.2, 0) is 20.7 Å². The Hall–Kier alpha value is -3.10. The Morgan fingerprint density at radius 1 is 1.03 bits per heavy atom. The Kier molecular flexibility index (Phi) is 5.64. The summed E-state index contributed by atoms with van der Waals surface area (Å²) in [4.78, 5) is 34.6. The predicted octanol–water partition coefficient (Wildman–Crippen LogP) is 2.86. The molecule has 0 aromatic heterocycles. The summed E-state index contributed by atoms with van der Waals surface area (Å²) < 4.78 is 11.1. The molecular formula is C21H18N2O5S. The monoisotopic (exact) mass is 410 g/mol. The van der Waals surface area contributed by atoms with Crippen molar-refractivity contribution >= 4 is 34.9 Å². The van der Waals surface area contributed by atoms with Crippen LogP contribution in [0.3, 0.4) is 0 Å². The third-order valence-electron chi connectivity index (χ3n) is 4.38. The average molecular weight is 410 g/mol. The number of carbonyl (C=O) groups excluding carboxylic acids is 3. The van der Waals surface area contributed by atoms with E-state index in [4.69, 9.17) is 9.47 Å². The van der Waals surface area contributed by atoms with Crippen LogP contribution < -0.4 is 15.4 Å². The van der Waals surface area contributed by atoms with Gasteiger partial charge in [0.1, 0.15) is 18.1 Å². The highest BCUT2D eigenvalue weighted by Gasteiger charge is 2.24. The highest BCUT2D eigenvalue weighted by molar-refractivity contribution is 8.18. The average Bonchev–Trinajstić information content (AvgIpc) is 3.02. The number of imide groups is 1. The molecule has 0 spiro atoms. The topological polar surface area (TPSA) is 93.7 Å². The van der Waals surface area contributed by atoms with Crippen LogP contribution in [0.5, 0.6) is 11.5 Å². The molecule has 1 unspecified atom stereocenters. The molecule has 2 fully saturated rings. The first-order valence-corrected chi connectivity index (χ1v) is 9.86. The molecule has 0 radical (unpaired) electrons. The van der Waals surface area contributed by atoms with Gasteiger partial charge in [-0.25, -0.2) is 0 Å². The third-order valence-corrected chi connectivity index (χ3v) is 5.19. The van der Waals surface area contributed by atoms with Crippen molar-refractivity contribution in [3.63, 3.8) is 0 Å². The summed E-state index contributed by atoms with van der Waals surface area (Å²) in [6, 6.07) is 14.9. The van der Waals surface area contributed by atoms with Gasteiger partial charge in [-0.05, 0) is 59.7 Å². The molecule has 2 N–H and O–H groups in total. The van der Waals surface area contributed by atoms with Gasteiger partial charge in [-0.1, -0.05) is 24.3 Å². The zero-order valence-corrected chi connectivity index (χ0v) is 16.2. The standard InChI is InChI=1S/C21H18N2O5S/c24-19-12-27-11-15(22-19)9-13-1-5-16(6-2-13)28-17-7-3-14(4-8-17)10-18-20(25)23-21(26)29-18/h1-8,10,15H,9,11-12H2,(H,22,24)(H,23,25,26). The van der Waals surface area contributed by atoms with E-state index in [1.807, 2.05) is 36.4 Å². The minimum atomic E-state index is -0.375. The van der Waals surface area contributed by atoms with Crippen molar-refractivity contribution in [2.75, 3.05) is 13.2 Å². The maximum absolute atomic E-state index is 11.6. The van der Waals surface area contributed by atoms with E-state index in [2.05, 4.69) is 10.6 Å². The van der Waals surface area contributed by atoms with Gasteiger partial charge in [0.2, 0.25) is 5.91 Å². The second-order valence-corrected chi connectivity index (χ2v) is 7.67. The van der Waals surface area contributed by atoms with Crippen molar-refractivity contribution in [1.82, 2.24) is 10.6 Å². The number of ether oxygens (including phenoxy) is 2. The summed E-state index contributed by atoms with van der Waals surface area (Å²) >= 11 is 0.888. The van der Waals surface area contributed by atoms with Crippen molar-refractivity contribution in [3.05, 3.63) is 64.6 Å². The molecule has 2 heterocycles. The number of morpholine rings is 1. The second-order valence-electron chi connectivity index (χ2n) is 6.65. The number of rotatable bonds is 5. The maximum atomic E-state index is 11.6. The molecule has 2 aromatic carbocycles. The zero-order chi connectivity index (χ0) is 20.2. The first-order valence-electron chi connectivity index (χ1n) is 9.04. The Morgan fingerprint density at radius 3 is 2.34 bits per heavy atom. The molecule has 148 valence electrons. The van der Waals surface area contributed by atoms with Crippen LogP contribution in [-0.4, -0.2) is 36.3 Å². The van der Waals surface area contributed by atoms with E-state index < -0.39 is 0 Å². The predicted molar refractivity (Wildman–Crippen MR) is 109 cm³/mol. The molecule has 8 heteroatoms. The molecule has 2 saturated heterocycles. The number of amides is 3. The lowest BCUT2D eigenvalue weighted by molar-refractivity contribution is -0.131. The van der Waals surface area contributed by atoms with Crippen molar-refractivity contribution < 1.29 is 23.9 Å². The van der Waals surface area contributed by atoms with Gasteiger partial charge in [-0.15, -0.1) is 0 Å². The fraction of sp³-hybridized carbons (Fsp3) is 0.190. The maximum Gasteiger partial charge on any atom is 0.290 e. The molecular weight excluding hydrogens is 392 g/mol. The van der Waals surface area contributed by atoms with E-state index >= 15 is 0 Å². The number of nitrogens with one attached hydrogen (secondary N) is 2. The van der Waals surface area contributed by atoms with Crippen LogP contribution in [0.1, 0.15) is 11.1 Å². The second kappa shape index (κ2) is 8.50. The Labute approximate surface area is 171 Å². The minimum absolute atomic E-state index is 0.0138. The zero-order valence-electron chi connectivity index (χ0n) is 15.3. The first-order chi connectivity index (χ1) is 14.0. The van der Waals surface area contributed by atoms with Crippen LogP contribution in [0.25, 0.3) is 6.08 Å². The highest BCUT2D eigenvalue weighted by atomic mass is 32.2. The van der Waals surface area contributed by atoms with E-state index in [-0.39, 0.29) is 29.7 Å². The molecule has 29 heavy (non-hydrogen) atoms. The molecule has 2 aliphatic rings. The lowest BCUT2D eigenvalue weighted by atomic mass is 10.1. The minimum Gasteiger partial charge on any atom is -0.457 e. The van der Waals surface area contributed by atoms with E-state index in [0.29, 0.717) is 29.4 Å². The largest absolute Gasteiger partial charge is 0.457 e. The Morgan fingerprint density at radius 2 is 1.72 bits per heavy atom. The van der Waals surface area contributed by atoms with E-state index in [1.165, 1.54) is 0 Å². The van der Waals surface area contributed by atoms with Crippen LogP contribution >= 0.6 is 11.8 Å². The van der Waals surface area contributed by atoms with Gasteiger partial charge in [0.05, 0.1) is 17.6 Å². The van der Waals surface area contributed by atoms with E-state index in [1.54, 1.807) is 18.2 Å². The fourth-order valence-corrected chi connectivity index (χ4v) is 3.72. The van der Waals surface area contributed by atoms with Gasteiger partial charge in [0.15, 0.2) is 0 Å². The van der Waals surface area contributed by atoms with E-state index in [0.717, 1.165) is 22.9 Å². The summed E-state index contributed by atoms with van der Waals surface area (Å²) in [6.07, 6.45) is 2.36. The Balaban J connectivity index is 1.35. The molecule has 1 atom stereocenters. The lowest BCUT2D eigenvalue weighted by Gasteiger charge is -2.23. The van der Waals surface area contributed by atoms with Crippen molar-refractivity contribution in [1.29, 1.82) is 0 Å². The first kappa shape index (κ1) is 19.2. The fourth-order valence-electron chi connectivity index (χ4n) is 3.03. The molecule has 0 saturated carbocycles. The van der Waals surface area contributed by atoms with E-state index in [9.17, 15) is 14.4 Å². The van der Waals surface area contributed by atoms with Gasteiger partial charge in [-0.3, -0.25) is 19.7 Å². The third kappa shape index (κ3) is 5.04. The number of benzene rings is 2. The van der Waals surface area contributed by atoms with Crippen LogP contribution in [0.4, 0.5) is 4.79 Å². The van der Waals surface area contributed by atoms with Gasteiger partial charge >= 0.3 is 0 Å². The molecule has 2 aromatic rings. The molecule has 3 amide bonds. The smallest absolute Gasteiger partial charge is 0.290 e. The summed E-state index contributed by atoms with van der Waals surface area (Å²) in [5, 5.41) is 4.78.